The van der Waals surface area contributed by atoms with Gasteiger partial charge in [0, 0.05) is 27.6 Å². The maximum Gasteiger partial charge on any atom is 0.409 e. The Labute approximate surface area is 189 Å². The van der Waals surface area contributed by atoms with Gasteiger partial charge in [0.2, 0.25) is 0 Å². The van der Waals surface area contributed by atoms with E-state index in [4.69, 9.17) is 25.8 Å². The molecule has 0 saturated carbocycles. The van der Waals surface area contributed by atoms with Gasteiger partial charge in [-0.2, -0.15) is 0 Å². The average Bonchev–Trinajstić information content (AvgIpc) is 2.71. The van der Waals surface area contributed by atoms with Gasteiger partial charge in [-0.05, 0) is 37.5 Å². The summed E-state index contributed by atoms with van der Waals surface area (Å²) in [5.41, 5.74) is 1.53. The monoisotopic (exact) mass is 452 g/mol. The molecular weight excluding hydrogens is 420 g/mol. The molecule has 172 valence electrons. The summed E-state index contributed by atoms with van der Waals surface area (Å²) in [5, 5.41) is 14.0. The van der Waals surface area contributed by atoms with Crippen molar-refractivity contribution in [1.29, 1.82) is 0 Å². The van der Waals surface area contributed by atoms with Gasteiger partial charge >= 0.3 is 6.09 Å². The Morgan fingerprint density at radius 2 is 2.16 bits per heavy atom. The number of nitrogens with zero attached hydrogens (tertiary/aromatic N) is 1. The van der Waals surface area contributed by atoms with Crippen LogP contribution >= 0.6 is 11.6 Å². The fraction of sp³-hybridized carbons (Fsp3) is 0.522. The highest BCUT2D eigenvalue weighted by Gasteiger charge is 2.44. The molecule has 0 bridgehead atoms. The third-order valence-electron chi connectivity index (χ3n) is 5.24. The lowest BCUT2D eigenvalue weighted by atomic mass is 9.95. The second-order valence-electron chi connectivity index (χ2n) is 7.95. The van der Waals surface area contributed by atoms with Crippen LogP contribution in [0.2, 0.25) is 5.02 Å². The van der Waals surface area contributed by atoms with Crippen LogP contribution in [0.5, 0.6) is 5.75 Å². The number of carbonyl (C=O) groups excluding carboxylic acids is 1. The molecule has 1 heterocycles. The van der Waals surface area contributed by atoms with Crippen LogP contribution in [0, 0.1) is 0 Å². The maximum absolute atomic E-state index is 11.8. The summed E-state index contributed by atoms with van der Waals surface area (Å²) in [5.74, 6) is 0.633. The quantitative estimate of drug-likeness (QED) is 0.550. The Morgan fingerprint density at radius 1 is 1.45 bits per heavy atom. The first-order chi connectivity index (χ1) is 14.6. The van der Waals surface area contributed by atoms with E-state index < -0.39 is 17.9 Å². The van der Waals surface area contributed by atoms with Crippen LogP contribution in [0.25, 0.3) is 0 Å². The Hall–Kier alpha value is -2.22. The molecule has 1 saturated heterocycles. The summed E-state index contributed by atoms with van der Waals surface area (Å²) >= 11 is 6.40. The average molecular weight is 453 g/mol. The molecule has 2 rings (SSSR count). The lowest BCUT2D eigenvalue weighted by Crippen LogP contribution is -2.62. The highest BCUT2D eigenvalue weighted by Crippen LogP contribution is 2.35. The van der Waals surface area contributed by atoms with Crippen LogP contribution in [-0.4, -0.2) is 57.4 Å². The molecule has 1 aliphatic rings. The zero-order valence-electron chi connectivity index (χ0n) is 19.1. The Balaban J connectivity index is 2.15. The lowest BCUT2D eigenvalue weighted by Gasteiger charge is -2.40. The summed E-state index contributed by atoms with van der Waals surface area (Å²) in [6.45, 7) is 3.92. The number of methoxy groups -OCH3 is 2. The highest BCUT2D eigenvalue weighted by atomic mass is 35.5. The van der Waals surface area contributed by atoms with Gasteiger partial charge in [0.1, 0.15) is 23.0 Å². The van der Waals surface area contributed by atoms with Crippen molar-refractivity contribution in [3.8, 4) is 5.75 Å². The number of aliphatic hydroxyl groups is 1. The van der Waals surface area contributed by atoms with E-state index in [9.17, 15) is 9.90 Å². The smallest absolute Gasteiger partial charge is 0.409 e. The van der Waals surface area contributed by atoms with E-state index in [1.165, 1.54) is 7.11 Å². The summed E-state index contributed by atoms with van der Waals surface area (Å²) in [7, 11) is 6.96. The standard InChI is InChI=1S/C23H33ClN2O5/c1-7-17-14-23(28,25-22(27)31-17)20(30-6)10-8-9-15(2)11-16-12-18(26(3)4)21(24)19(13-16)29-5/h8-10,12-13,17,20,28H,7,11,14H2,1-6H3,(H,25,27)/b10-8+,15-9+. The third kappa shape index (κ3) is 6.38. The van der Waals surface area contributed by atoms with Gasteiger partial charge in [-0.3, -0.25) is 5.32 Å². The van der Waals surface area contributed by atoms with Crippen LogP contribution < -0.4 is 15.0 Å². The Bertz CT molecular complexity index is 840. The van der Waals surface area contributed by atoms with Crippen LogP contribution in [0.4, 0.5) is 10.5 Å². The minimum absolute atomic E-state index is 0.249. The van der Waals surface area contributed by atoms with Crippen molar-refractivity contribution < 1.29 is 24.1 Å². The second kappa shape index (κ2) is 10.9. The molecule has 1 amide bonds. The van der Waals surface area contributed by atoms with E-state index >= 15 is 0 Å². The number of ether oxygens (including phenoxy) is 3. The Kier molecular flexibility index (Phi) is 8.79. The number of nitrogens with one attached hydrogen (secondary N) is 1. The maximum atomic E-state index is 11.8. The molecule has 1 aliphatic heterocycles. The first-order valence-corrected chi connectivity index (χ1v) is 10.6. The fourth-order valence-electron chi connectivity index (χ4n) is 3.56. The molecule has 1 aromatic rings. The number of rotatable bonds is 9. The van der Waals surface area contributed by atoms with Gasteiger partial charge in [-0.25, -0.2) is 4.79 Å². The van der Waals surface area contributed by atoms with Crippen molar-refractivity contribution in [3.05, 3.63) is 46.5 Å². The molecule has 3 atom stereocenters. The van der Waals surface area contributed by atoms with E-state index in [1.54, 1.807) is 13.2 Å². The summed E-state index contributed by atoms with van der Waals surface area (Å²) in [6, 6.07) is 3.97. The first-order valence-electron chi connectivity index (χ1n) is 10.2. The zero-order valence-corrected chi connectivity index (χ0v) is 19.8. The number of hydrogen-bond acceptors (Lipinski definition) is 6. The van der Waals surface area contributed by atoms with E-state index in [1.807, 2.05) is 57.1 Å². The Morgan fingerprint density at radius 3 is 2.74 bits per heavy atom. The van der Waals surface area contributed by atoms with Gasteiger partial charge in [0.15, 0.2) is 5.72 Å². The number of cyclic esters (lactones) is 1. The molecule has 0 radical (unpaired) electrons. The molecule has 0 aliphatic carbocycles. The van der Waals surface area contributed by atoms with Crippen molar-refractivity contribution in [3.63, 3.8) is 0 Å². The molecule has 0 spiro atoms. The van der Waals surface area contributed by atoms with Gasteiger partial charge in [0.05, 0.1) is 12.8 Å². The molecule has 0 aromatic heterocycles. The van der Waals surface area contributed by atoms with Crippen molar-refractivity contribution in [2.75, 3.05) is 33.2 Å². The number of carbonyl (C=O) groups is 1. The molecule has 1 aromatic carbocycles. The van der Waals surface area contributed by atoms with Crippen LogP contribution in [-0.2, 0) is 15.9 Å². The van der Waals surface area contributed by atoms with Crippen molar-refractivity contribution in [1.82, 2.24) is 5.32 Å². The summed E-state index contributed by atoms with van der Waals surface area (Å²) in [4.78, 5) is 13.7. The van der Waals surface area contributed by atoms with Crippen molar-refractivity contribution in [2.24, 2.45) is 0 Å². The van der Waals surface area contributed by atoms with E-state index in [2.05, 4.69) is 5.32 Å². The predicted molar refractivity (Wildman–Crippen MR) is 123 cm³/mol. The normalized spacial score (nSPS) is 22.8. The molecule has 31 heavy (non-hydrogen) atoms. The fourth-order valence-corrected chi connectivity index (χ4v) is 3.92. The molecule has 7 nitrogen and oxygen atoms in total. The molecule has 2 N–H and O–H groups in total. The predicted octanol–water partition coefficient (Wildman–Crippen LogP) is 4.07. The van der Waals surface area contributed by atoms with Gasteiger partial charge < -0.3 is 24.2 Å². The zero-order chi connectivity index (χ0) is 23.2. The lowest BCUT2D eigenvalue weighted by molar-refractivity contribution is -0.134. The summed E-state index contributed by atoms with van der Waals surface area (Å²) < 4.78 is 16.0. The van der Waals surface area contributed by atoms with Gasteiger partial charge in [-0.15, -0.1) is 0 Å². The van der Waals surface area contributed by atoms with E-state index in [0.29, 0.717) is 23.6 Å². The van der Waals surface area contributed by atoms with Crippen molar-refractivity contribution in [2.45, 2.75) is 51.0 Å². The van der Waals surface area contributed by atoms with Crippen molar-refractivity contribution >= 4 is 23.4 Å². The third-order valence-corrected chi connectivity index (χ3v) is 5.62. The van der Waals surface area contributed by atoms with Gasteiger partial charge in [0.25, 0.3) is 0 Å². The SMILES string of the molecule is CCC1CC(O)(C(/C=C/C=C(\C)Cc2cc(OC)c(Cl)c(N(C)C)c2)OC)NC(=O)O1. The number of alkyl carbamates (subject to hydrolysis) is 1. The number of hydrogen-bond donors (Lipinski definition) is 2. The number of benzene rings is 1. The van der Waals surface area contributed by atoms with E-state index in [-0.39, 0.29) is 12.5 Å². The molecule has 3 unspecified atom stereocenters. The minimum atomic E-state index is -1.52. The number of anilines is 1. The molecule has 8 heteroatoms. The summed E-state index contributed by atoms with van der Waals surface area (Å²) in [6.07, 6.45) is 5.36. The second-order valence-corrected chi connectivity index (χ2v) is 8.32. The minimum Gasteiger partial charge on any atom is -0.495 e. The number of amides is 1. The topological polar surface area (TPSA) is 80.3 Å². The highest BCUT2D eigenvalue weighted by molar-refractivity contribution is 6.34. The number of halogens is 1. The molecular formula is C23H33ClN2O5. The molecule has 1 fully saturated rings. The van der Waals surface area contributed by atoms with Crippen LogP contribution in [0.3, 0.4) is 0 Å². The number of allylic oxidation sites excluding steroid dienone is 3. The largest absolute Gasteiger partial charge is 0.495 e. The van der Waals surface area contributed by atoms with Crippen LogP contribution in [0.15, 0.2) is 35.9 Å². The van der Waals surface area contributed by atoms with Crippen LogP contribution in [0.1, 0.15) is 32.3 Å². The first kappa shape index (κ1) is 25.0. The van der Waals surface area contributed by atoms with Gasteiger partial charge in [-0.1, -0.05) is 42.3 Å². The van der Waals surface area contributed by atoms with E-state index in [0.717, 1.165) is 16.8 Å².